The highest BCUT2D eigenvalue weighted by molar-refractivity contribution is 7.92. The molecule has 3 aromatic rings. The van der Waals surface area contributed by atoms with Gasteiger partial charge in [-0.15, -0.1) is 0 Å². The zero-order valence-corrected chi connectivity index (χ0v) is 30.4. The van der Waals surface area contributed by atoms with Crippen LogP contribution in [0.3, 0.4) is 0 Å². The van der Waals surface area contributed by atoms with Gasteiger partial charge in [-0.1, -0.05) is 31.2 Å². The third-order valence-corrected chi connectivity index (χ3v) is 9.33. The van der Waals surface area contributed by atoms with Gasteiger partial charge in [0, 0.05) is 43.4 Å². The van der Waals surface area contributed by atoms with Crippen LogP contribution in [0.15, 0.2) is 66.7 Å². The van der Waals surface area contributed by atoms with Crippen molar-refractivity contribution in [3.63, 3.8) is 0 Å². The molecule has 1 aliphatic rings. The minimum absolute atomic E-state index is 0.129. The van der Waals surface area contributed by atoms with Gasteiger partial charge in [0.25, 0.3) is 11.8 Å². The van der Waals surface area contributed by atoms with Crippen LogP contribution in [-0.4, -0.2) is 93.0 Å². The predicted octanol–water partition coefficient (Wildman–Crippen LogP) is 4.82. The van der Waals surface area contributed by atoms with Crippen LogP contribution in [0, 0.1) is 5.92 Å². The second-order valence-electron chi connectivity index (χ2n) is 13.3. The number of nitrogens with one attached hydrogen (secondary N) is 2. The number of likely N-dealkylation sites (N-methyl/N-ethyl adjacent to an activating group) is 1. The monoisotopic (exact) mass is 709 g/mol. The second kappa shape index (κ2) is 17.7. The molecule has 5 N–H and O–H groups in total. The standard InChI is InChI=1S/C37H51N5O7S/c1-25-21-42(26(2)24-43)37(45)31-20-30(40-50(5,46)47)17-18-34(31)49-27(3)10-8-9-19-48-35(25)23-41(4)22-28-13-15-29(16-14-28)36(44)39-33-12-7-6-11-32(33)38/h6-7,11-18,20,25-27,35,40,43H,8-10,19,21-24,38H2,1-5H3,(H,39,44)/t25-,26+,27+,35-/m0/s1. The van der Waals surface area contributed by atoms with Gasteiger partial charge in [0.15, 0.2) is 0 Å². The molecule has 0 bridgehead atoms. The van der Waals surface area contributed by atoms with Gasteiger partial charge in [-0.2, -0.15) is 0 Å². The van der Waals surface area contributed by atoms with Crippen LogP contribution in [-0.2, 0) is 21.3 Å². The van der Waals surface area contributed by atoms with Gasteiger partial charge in [0.05, 0.1) is 48.1 Å². The zero-order valence-electron chi connectivity index (χ0n) is 29.6. The number of nitrogens with two attached hydrogens (primary N) is 1. The maximum atomic E-state index is 14.2. The number of ether oxygens (including phenoxy) is 2. The lowest BCUT2D eigenvalue weighted by Gasteiger charge is -2.36. The van der Waals surface area contributed by atoms with Crippen molar-refractivity contribution < 1.29 is 32.6 Å². The topological polar surface area (TPSA) is 164 Å². The van der Waals surface area contributed by atoms with Crippen molar-refractivity contribution >= 4 is 38.9 Å². The molecule has 0 unspecified atom stereocenters. The van der Waals surface area contributed by atoms with E-state index in [9.17, 15) is 23.1 Å². The van der Waals surface area contributed by atoms with Crippen LogP contribution < -0.4 is 20.5 Å². The Bertz CT molecular complexity index is 1700. The molecule has 4 rings (SSSR count). The molecule has 0 spiro atoms. The number of nitrogens with zero attached hydrogens (tertiary/aromatic N) is 2. The van der Waals surface area contributed by atoms with Crippen molar-refractivity contribution in [1.29, 1.82) is 0 Å². The number of aliphatic hydroxyl groups is 1. The van der Waals surface area contributed by atoms with Gasteiger partial charge < -0.3 is 30.5 Å². The Morgan fingerprint density at radius 1 is 1.10 bits per heavy atom. The van der Waals surface area contributed by atoms with Gasteiger partial charge in [0.2, 0.25) is 10.0 Å². The number of benzene rings is 3. The summed E-state index contributed by atoms with van der Waals surface area (Å²) in [6.07, 6.45) is 3.05. The van der Waals surface area contributed by atoms with Crippen LogP contribution in [0.2, 0.25) is 0 Å². The Morgan fingerprint density at radius 2 is 1.82 bits per heavy atom. The number of anilines is 3. The lowest BCUT2D eigenvalue weighted by atomic mass is 10.0. The molecule has 0 saturated heterocycles. The fraction of sp³-hybridized carbons (Fsp3) is 0.459. The molecule has 50 heavy (non-hydrogen) atoms. The van der Waals surface area contributed by atoms with Gasteiger partial charge in [-0.25, -0.2) is 8.42 Å². The molecule has 4 atom stereocenters. The number of nitrogen functional groups attached to an aromatic ring is 1. The molecule has 13 heteroatoms. The van der Waals surface area contributed by atoms with Crippen molar-refractivity contribution in [1.82, 2.24) is 9.80 Å². The maximum Gasteiger partial charge on any atom is 0.258 e. The van der Waals surface area contributed by atoms with E-state index in [0.717, 1.165) is 31.1 Å². The first-order valence-corrected chi connectivity index (χ1v) is 18.9. The number of rotatable bonds is 10. The average Bonchev–Trinajstić information content (AvgIpc) is 3.06. The first kappa shape index (κ1) is 38.6. The molecule has 0 saturated carbocycles. The molecular formula is C37H51N5O7S. The van der Waals surface area contributed by atoms with Crippen molar-refractivity contribution in [2.75, 3.05) is 55.4 Å². The van der Waals surface area contributed by atoms with E-state index in [1.807, 2.05) is 45.2 Å². The normalized spacial score (nSPS) is 19.9. The summed E-state index contributed by atoms with van der Waals surface area (Å²) < 4.78 is 39.1. The Balaban J connectivity index is 1.51. The average molecular weight is 710 g/mol. The summed E-state index contributed by atoms with van der Waals surface area (Å²) in [5, 5.41) is 13.0. The third-order valence-electron chi connectivity index (χ3n) is 8.72. The third kappa shape index (κ3) is 11.2. The fourth-order valence-corrected chi connectivity index (χ4v) is 6.47. The van der Waals surface area contributed by atoms with Crippen LogP contribution in [0.25, 0.3) is 0 Å². The van der Waals surface area contributed by atoms with E-state index in [1.54, 1.807) is 48.2 Å². The first-order valence-electron chi connectivity index (χ1n) is 17.0. The summed E-state index contributed by atoms with van der Waals surface area (Å²) in [7, 11) is -1.58. The number of carbonyl (C=O) groups is 2. The number of amides is 2. The Morgan fingerprint density at radius 3 is 2.50 bits per heavy atom. The van der Waals surface area contributed by atoms with Crippen LogP contribution in [0.5, 0.6) is 5.75 Å². The quantitative estimate of drug-likeness (QED) is 0.216. The van der Waals surface area contributed by atoms with Gasteiger partial charge in [0.1, 0.15) is 5.75 Å². The maximum absolute atomic E-state index is 14.2. The minimum atomic E-state index is -3.58. The number of aliphatic hydroxyl groups excluding tert-OH is 1. The van der Waals surface area contributed by atoms with Crippen LogP contribution in [0.1, 0.15) is 66.3 Å². The fourth-order valence-electron chi connectivity index (χ4n) is 5.91. The van der Waals surface area contributed by atoms with Crippen LogP contribution in [0.4, 0.5) is 17.1 Å². The number of hydrogen-bond acceptors (Lipinski definition) is 9. The van der Waals surface area contributed by atoms with Crippen molar-refractivity contribution in [2.45, 2.75) is 64.8 Å². The molecule has 0 radical (unpaired) electrons. The smallest absolute Gasteiger partial charge is 0.258 e. The molecule has 2 amide bonds. The zero-order chi connectivity index (χ0) is 36.4. The molecule has 272 valence electrons. The van der Waals surface area contributed by atoms with Crippen molar-refractivity contribution in [3.05, 3.63) is 83.4 Å². The highest BCUT2D eigenvalue weighted by Gasteiger charge is 2.30. The second-order valence-corrected chi connectivity index (χ2v) is 15.1. The highest BCUT2D eigenvalue weighted by atomic mass is 32.2. The summed E-state index contributed by atoms with van der Waals surface area (Å²) in [6, 6.07) is 18.7. The SMILES string of the molecule is C[C@@H]1CCCCO[C@@H](CN(C)Cc2ccc(C(=O)Nc3ccccc3N)cc2)[C@@H](C)CN([C@H](C)CO)C(=O)c2cc(NS(C)(=O)=O)ccc2O1. The van der Waals surface area contributed by atoms with E-state index in [-0.39, 0.29) is 54.3 Å². The number of fused-ring (bicyclic) bond motifs is 1. The highest BCUT2D eigenvalue weighted by Crippen LogP contribution is 2.29. The summed E-state index contributed by atoms with van der Waals surface area (Å²) in [5.41, 5.74) is 9.04. The van der Waals surface area contributed by atoms with E-state index >= 15 is 0 Å². The van der Waals surface area contributed by atoms with Gasteiger partial charge in [-0.3, -0.25) is 19.2 Å². The van der Waals surface area contributed by atoms with E-state index in [0.29, 0.717) is 42.4 Å². The summed E-state index contributed by atoms with van der Waals surface area (Å²) in [6.45, 7) is 7.50. The summed E-state index contributed by atoms with van der Waals surface area (Å²) in [5.74, 6) is -0.384. The molecule has 1 aliphatic heterocycles. The molecule has 0 fully saturated rings. The minimum Gasteiger partial charge on any atom is -0.490 e. The number of carbonyl (C=O) groups excluding carboxylic acids is 2. The summed E-state index contributed by atoms with van der Waals surface area (Å²) >= 11 is 0. The number of para-hydroxylation sites is 2. The van der Waals surface area contributed by atoms with E-state index in [2.05, 4.69) is 14.9 Å². The molecule has 1 heterocycles. The van der Waals surface area contributed by atoms with E-state index < -0.39 is 16.1 Å². The first-order chi connectivity index (χ1) is 23.7. The molecule has 0 aromatic heterocycles. The summed E-state index contributed by atoms with van der Waals surface area (Å²) in [4.78, 5) is 30.8. The van der Waals surface area contributed by atoms with E-state index in [1.165, 1.54) is 6.07 Å². The predicted molar refractivity (Wildman–Crippen MR) is 197 cm³/mol. The van der Waals surface area contributed by atoms with Crippen molar-refractivity contribution in [3.8, 4) is 5.75 Å². The lowest BCUT2D eigenvalue weighted by molar-refractivity contribution is -0.0177. The number of hydrogen-bond donors (Lipinski definition) is 4. The van der Waals surface area contributed by atoms with Crippen molar-refractivity contribution in [2.24, 2.45) is 5.92 Å². The lowest BCUT2D eigenvalue weighted by Crippen LogP contribution is -2.47. The van der Waals surface area contributed by atoms with E-state index in [4.69, 9.17) is 15.2 Å². The largest absolute Gasteiger partial charge is 0.490 e. The van der Waals surface area contributed by atoms with Gasteiger partial charge in [-0.05, 0) is 88.2 Å². The Kier molecular flexibility index (Phi) is 13.6. The molecule has 12 nitrogen and oxygen atoms in total. The Hall–Kier alpha value is -4.17. The molecule has 0 aliphatic carbocycles. The van der Waals surface area contributed by atoms with Crippen LogP contribution >= 0.6 is 0 Å². The molecular weight excluding hydrogens is 659 g/mol. The van der Waals surface area contributed by atoms with Gasteiger partial charge >= 0.3 is 0 Å². The number of sulfonamides is 1. The molecule has 3 aromatic carbocycles. The Labute approximate surface area is 296 Å².